The number of nitrogen functional groups attached to an aromatic ring is 1. The van der Waals surface area contributed by atoms with Gasteiger partial charge in [0.25, 0.3) is 0 Å². The van der Waals surface area contributed by atoms with Crippen LogP contribution in [0.5, 0.6) is 0 Å². The Morgan fingerprint density at radius 3 is 2.00 bits per heavy atom. The van der Waals surface area contributed by atoms with E-state index in [1.165, 1.54) is 0 Å². The second-order valence-electron chi connectivity index (χ2n) is 7.13. The smallest absolute Gasteiger partial charge is 0.195 e. The van der Waals surface area contributed by atoms with Gasteiger partial charge in [0, 0.05) is 22.4 Å². The molecule has 4 heteroatoms. The number of ether oxygens (including phenoxy) is 2. The first-order chi connectivity index (χ1) is 11.2. The first-order valence-corrected chi connectivity index (χ1v) is 8.06. The topological polar surface area (TPSA) is 61.5 Å². The zero-order valence-electron chi connectivity index (χ0n) is 14.5. The van der Waals surface area contributed by atoms with Crippen LogP contribution in [0.1, 0.15) is 55.5 Å². The van der Waals surface area contributed by atoms with Gasteiger partial charge in [-0.25, -0.2) is 0 Å². The molecule has 1 saturated heterocycles. The van der Waals surface area contributed by atoms with Crippen LogP contribution in [0.25, 0.3) is 0 Å². The van der Waals surface area contributed by atoms with Crippen molar-refractivity contribution in [3.8, 4) is 0 Å². The Morgan fingerprint density at radius 1 is 0.917 bits per heavy atom. The fourth-order valence-electron chi connectivity index (χ4n) is 2.63. The third-order valence-corrected chi connectivity index (χ3v) is 4.90. The second kappa shape index (κ2) is 5.72. The molecule has 0 amide bonds. The van der Waals surface area contributed by atoms with Crippen LogP contribution in [-0.4, -0.2) is 17.0 Å². The lowest BCUT2D eigenvalue weighted by Crippen LogP contribution is -2.41. The number of ketones is 1. The van der Waals surface area contributed by atoms with Crippen molar-refractivity contribution in [3.63, 3.8) is 0 Å². The van der Waals surface area contributed by atoms with Crippen molar-refractivity contribution in [1.29, 1.82) is 0 Å². The molecule has 1 heterocycles. The average Bonchev–Trinajstić information content (AvgIpc) is 2.75. The normalized spacial score (nSPS) is 19.3. The Balaban J connectivity index is 1.82. The molecule has 0 aliphatic carbocycles. The van der Waals surface area contributed by atoms with Crippen molar-refractivity contribution in [2.45, 2.75) is 45.2 Å². The quantitative estimate of drug-likeness (QED) is 0.681. The highest BCUT2D eigenvalue weighted by Gasteiger charge is 2.49. The highest BCUT2D eigenvalue weighted by atomic mass is 16.7. The van der Waals surface area contributed by atoms with Crippen LogP contribution >= 0.6 is 0 Å². The van der Waals surface area contributed by atoms with Gasteiger partial charge in [0.1, 0.15) is 0 Å². The fraction of sp³-hybridized carbons (Fsp3) is 0.350. The number of anilines is 1. The maximum atomic E-state index is 12.6. The van der Waals surface area contributed by atoms with Crippen molar-refractivity contribution in [1.82, 2.24) is 0 Å². The van der Waals surface area contributed by atoms with Crippen LogP contribution in [-0.2, 0) is 9.47 Å². The third-order valence-electron chi connectivity index (χ3n) is 4.90. The van der Waals surface area contributed by atoms with E-state index in [2.05, 4.69) is 0 Å². The van der Waals surface area contributed by atoms with Crippen molar-refractivity contribution >= 4 is 11.5 Å². The summed E-state index contributed by atoms with van der Waals surface area (Å²) in [6.07, 6.45) is -0.430. The number of hydrogen-bond acceptors (Lipinski definition) is 4. The molecule has 1 aliphatic rings. The number of nitrogens with two attached hydrogens (primary N) is 1. The van der Waals surface area contributed by atoms with Gasteiger partial charge in [-0.3, -0.25) is 4.79 Å². The molecule has 2 aromatic rings. The maximum Gasteiger partial charge on any atom is 0.195 e. The molecule has 3 rings (SSSR count). The van der Waals surface area contributed by atoms with Crippen LogP contribution in [0.15, 0.2) is 48.5 Å². The largest absolute Gasteiger partial charge is 0.398 e. The molecule has 1 aliphatic heterocycles. The van der Waals surface area contributed by atoms with Crippen LogP contribution < -0.4 is 5.73 Å². The minimum atomic E-state index is -0.430. The first-order valence-electron chi connectivity index (χ1n) is 8.06. The summed E-state index contributed by atoms with van der Waals surface area (Å²) in [5, 5.41) is 0. The van der Waals surface area contributed by atoms with Gasteiger partial charge in [0.15, 0.2) is 12.1 Å². The van der Waals surface area contributed by atoms with E-state index in [4.69, 9.17) is 15.2 Å². The van der Waals surface area contributed by atoms with E-state index >= 15 is 0 Å². The molecule has 0 unspecified atom stereocenters. The molecule has 126 valence electrons. The van der Waals surface area contributed by atoms with Gasteiger partial charge in [-0.1, -0.05) is 36.4 Å². The molecule has 0 bridgehead atoms. The van der Waals surface area contributed by atoms with E-state index < -0.39 is 6.29 Å². The van der Waals surface area contributed by atoms with E-state index in [-0.39, 0.29) is 17.0 Å². The first kappa shape index (κ1) is 16.7. The lowest BCUT2D eigenvalue weighted by molar-refractivity contribution is -0.0895. The number of carbonyl (C=O) groups excluding carboxylic acids is 1. The van der Waals surface area contributed by atoms with Gasteiger partial charge in [-0.15, -0.1) is 0 Å². The van der Waals surface area contributed by atoms with Gasteiger partial charge in [-0.2, -0.15) is 0 Å². The zero-order chi connectivity index (χ0) is 17.5. The predicted molar refractivity (Wildman–Crippen MR) is 93.8 cm³/mol. The van der Waals surface area contributed by atoms with Gasteiger partial charge in [0.05, 0.1) is 11.2 Å². The second-order valence-corrected chi connectivity index (χ2v) is 7.13. The molecule has 0 spiro atoms. The Hall–Kier alpha value is -2.17. The van der Waals surface area contributed by atoms with E-state index in [1.807, 2.05) is 52.0 Å². The van der Waals surface area contributed by atoms with Crippen LogP contribution in [0.3, 0.4) is 0 Å². The number of hydrogen-bond donors (Lipinski definition) is 1. The number of rotatable bonds is 3. The van der Waals surface area contributed by atoms with E-state index in [0.717, 1.165) is 5.56 Å². The van der Waals surface area contributed by atoms with Crippen LogP contribution in [0, 0.1) is 0 Å². The van der Waals surface area contributed by atoms with Gasteiger partial charge in [-0.05, 0) is 39.8 Å². The number of para-hydroxylation sites is 1. The summed E-state index contributed by atoms with van der Waals surface area (Å²) >= 11 is 0. The standard InChI is InChI=1S/C20H23NO3/c1-19(2)20(3,4)24-18(23-19)14-11-9-13(10-12-14)17(22)15-7-5-6-8-16(15)21/h5-12,18H,21H2,1-4H3. The van der Waals surface area contributed by atoms with E-state index in [0.29, 0.717) is 16.8 Å². The van der Waals surface area contributed by atoms with Gasteiger partial charge in [0.2, 0.25) is 0 Å². The third kappa shape index (κ3) is 2.83. The van der Waals surface area contributed by atoms with Crippen LogP contribution in [0.2, 0.25) is 0 Å². The molecule has 1 fully saturated rings. The van der Waals surface area contributed by atoms with Gasteiger partial charge < -0.3 is 15.2 Å². The molecule has 4 nitrogen and oxygen atoms in total. The molecule has 0 aromatic heterocycles. The van der Waals surface area contributed by atoms with Crippen molar-refractivity contribution in [3.05, 3.63) is 65.2 Å². The van der Waals surface area contributed by atoms with E-state index in [9.17, 15) is 4.79 Å². The zero-order valence-corrected chi connectivity index (χ0v) is 14.5. The Morgan fingerprint density at radius 2 is 1.46 bits per heavy atom. The molecule has 24 heavy (non-hydrogen) atoms. The molecule has 0 radical (unpaired) electrons. The highest BCUT2D eigenvalue weighted by molar-refractivity contribution is 6.12. The summed E-state index contributed by atoms with van der Waals surface area (Å²) < 4.78 is 12.1. The summed E-state index contributed by atoms with van der Waals surface area (Å²) in [6.45, 7) is 8.07. The highest BCUT2D eigenvalue weighted by Crippen LogP contribution is 2.44. The lowest BCUT2D eigenvalue weighted by Gasteiger charge is -2.30. The van der Waals surface area contributed by atoms with E-state index in [1.54, 1.807) is 24.3 Å². The summed E-state index contributed by atoms with van der Waals surface area (Å²) in [7, 11) is 0. The fourth-order valence-corrected chi connectivity index (χ4v) is 2.63. The Labute approximate surface area is 142 Å². The minimum absolute atomic E-state index is 0.0893. The molecular formula is C20H23NO3. The van der Waals surface area contributed by atoms with Crippen molar-refractivity contribution < 1.29 is 14.3 Å². The number of benzene rings is 2. The average molecular weight is 325 g/mol. The minimum Gasteiger partial charge on any atom is -0.398 e. The molecule has 2 N–H and O–H groups in total. The molecule has 0 atom stereocenters. The van der Waals surface area contributed by atoms with Crippen LogP contribution in [0.4, 0.5) is 5.69 Å². The maximum absolute atomic E-state index is 12.6. The SMILES string of the molecule is CC1(C)OC(c2ccc(C(=O)c3ccccc3N)cc2)OC1(C)C. The molecular weight excluding hydrogens is 302 g/mol. The Kier molecular flexibility index (Phi) is 3.98. The van der Waals surface area contributed by atoms with Crippen molar-refractivity contribution in [2.75, 3.05) is 5.73 Å². The molecule has 2 aromatic carbocycles. The summed E-state index contributed by atoms with van der Waals surface area (Å²) in [4.78, 5) is 12.6. The Bertz CT molecular complexity index is 747. The lowest BCUT2D eigenvalue weighted by atomic mass is 9.90. The van der Waals surface area contributed by atoms with Gasteiger partial charge >= 0.3 is 0 Å². The summed E-state index contributed by atoms with van der Waals surface area (Å²) in [6, 6.07) is 14.4. The summed E-state index contributed by atoms with van der Waals surface area (Å²) in [5.74, 6) is -0.0893. The summed E-state index contributed by atoms with van der Waals surface area (Å²) in [5.41, 5.74) is 7.60. The molecule has 0 saturated carbocycles. The van der Waals surface area contributed by atoms with Crippen molar-refractivity contribution in [2.24, 2.45) is 0 Å². The monoisotopic (exact) mass is 325 g/mol. The number of carbonyl (C=O) groups is 1. The predicted octanol–water partition coefficient (Wildman–Crippen LogP) is 4.10.